The molecule has 1 spiro atoms. The molecular weight excluding hydrogens is 584 g/mol. The number of hydrogen-bond acceptors (Lipinski definition) is 8. The van der Waals surface area contributed by atoms with E-state index < -0.39 is 0 Å². The van der Waals surface area contributed by atoms with Crippen molar-refractivity contribution in [3.8, 4) is 17.4 Å². The van der Waals surface area contributed by atoms with E-state index in [1.807, 2.05) is 24.4 Å². The third-order valence-electron chi connectivity index (χ3n) is 11.9. The van der Waals surface area contributed by atoms with Crippen molar-refractivity contribution in [3.63, 3.8) is 0 Å². The lowest BCUT2D eigenvalue weighted by Crippen LogP contribution is -2.51. The average Bonchev–Trinajstić information content (AvgIpc) is 3.72. The molecule has 0 bridgehead atoms. The lowest BCUT2D eigenvalue weighted by Gasteiger charge is -2.49. The number of aryl methyl sites for hydroxylation is 2. The van der Waals surface area contributed by atoms with Crippen molar-refractivity contribution in [1.82, 2.24) is 34.5 Å². The normalized spacial score (nSPS) is 27.3. The lowest BCUT2D eigenvalue weighted by atomic mass is 9.71. The highest BCUT2D eigenvalue weighted by atomic mass is 16.5. The van der Waals surface area contributed by atoms with E-state index >= 15 is 0 Å². The molecule has 0 unspecified atom stereocenters. The highest BCUT2D eigenvalue weighted by molar-refractivity contribution is 5.56. The fraction of sp³-hybridized carbons (Fsp3) is 0.526. The Morgan fingerprint density at radius 2 is 1.85 bits per heavy atom. The van der Waals surface area contributed by atoms with Crippen molar-refractivity contribution in [3.05, 3.63) is 82.8 Å². The summed E-state index contributed by atoms with van der Waals surface area (Å²) in [5.74, 6) is 1.74. The van der Waals surface area contributed by atoms with E-state index in [9.17, 15) is 0 Å². The van der Waals surface area contributed by atoms with E-state index in [-0.39, 0.29) is 11.1 Å². The predicted octanol–water partition coefficient (Wildman–Crippen LogP) is 5.62. The molecule has 0 saturated carbocycles. The Balaban J connectivity index is 1.10. The van der Waals surface area contributed by atoms with Gasteiger partial charge in [-0.3, -0.25) is 19.5 Å². The van der Waals surface area contributed by atoms with E-state index in [1.165, 1.54) is 61.2 Å². The van der Waals surface area contributed by atoms with Crippen molar-refractivity contribution in [2.75, 3.05) is 38.2 Å². The SMILES string of the molecule is C[C@H]1CN2CCC[C@@]2(COc2nc3c(c(N4CCCn5nc(-c6ccccn6)cc5C4)n2)CN(C)[C@@]2(CCCc4ccccc42)C3)C1. The number of aromatic nitrogens is 5. The summed E-state index contributed by atoms with van der Waals surface area (Å²) >= 11 is 0. The molecule has 0 N–H and O–H groups in total. The number of anilines is 1. The first-order valence-electron chi connectivity index (χ1n) is 17.8. The molecule has 4 aliphatic heterocycles. The standard InChI is InChI=1S/C38H46N8O/c1-27-21-37(14-8-18-45(37)23-27)26-47-36-40-34-22-38(15-7-11-28-10-3-4-12-31(28)38)43(2)25-30(34)35(41-36)44-17-9-19-46-29(24-44)20-33(42-46)32-13-5-6-16-39-32/h3-6,10,12-13,16,20,27H,7-9,11,14-15,17-19,21-26H2,1-2H3/t27-,37+,38+/m1/s1. The van der Waals surface area contributed by atoms with Crippen LogP contribution in [0.3, 0.4) is 0 Å². The van der Waals surface area contributed by atoms with E-state index in [0.29, 0.717) is 18.5 Å². The zero-order valence-corrected chi connectivity index (χ0v) is 27.9. The fourth-order valence-electron chi connectivity index (χ4n) is 9.71. The highest BCUT2D eigenvalue weighted by Gasteiger charge is 2.48. The Morgan fingerprint density at radius 3 is 2.77 bits per heavy atom. The summed E-state index contributed by atoms with van der Waals surface area (Å²) in [4.78, 5) is 22.9. The Morgan fingerprint density at radius 1 is 0.936 bits per heavy atom. The molecule has 3 atom stereocenters. The van der Waals surface area contributed by atoms with E-state index in [0.717, 1.165) is 74.8 Å². The van der Waals surface area contributed by atoms with Gasteiger partial charge < -0.3 is 9.64 Å². The second-order valence-electron chi connectivity index (χ2n) is 14.9. The van der Waals surface area contributed by atoms with Crippen LogP contribution in [0.1, 0.15) is 73.5 Å². The molecule has 9 nitrogen and oxygen atoms in total. The third-order valence-corrected chi connectivity index (χ3v) is 11.9. The van der Waals surface area contributed by atoms with E-state index in [1.54, 1.807) is 0 Å². The molecule has 2 fully saturated rings. The maximum absolute atomic E-state index is 6.75. The molecule has 0 radical (unpaired) electrons. The topological polar surface area (TPSA) is 75.4 Å². The van der Waals surface area contributed by atoms with Crippen LogP contribution in [0, 0.1) is 5.92 Å². The van der Waals surface area contributed by atoms with Crippen LogP contribution in [0.2, 0.25) is 0 Å². The summed E-state index contributed by atoms with van der Waals surface area (Å²) in [6.45, 7) is 8.78. The van der Waals surface area contributed by atoms with Crippen molar-refractivity contribution in [2.45, 2.75) is 89.0 Å². The van der Waals surface area contributed by atoms with Crippen LogP contribution in [0.4, 0.5) is 5.82 Å². The molecule has 1 aromatic carbocycles. The van der Waals surface area contributed by atoms with Gasteiger partial charge >= 0.3 is 6.01 Å². The Labute approximate surface area is 278 Å². The quantitative estimate of drug-likeness (QED) is 0.282. The molecule has 0 amide bonds. The minimum absolute atomic E-state index is 0.0540. The monoisotopic (exact) mass is 630 g/mol. The van der Waals surface area contributed by atoms with Gasteiger partial charge in [-0.2, -0.15) is 15.1 Å². The van der Waals surface area contributed by atoms with Crippen LogP contribution in [-0.4, -0.2) is 73.4 Å². The van der Waals surface area contributed by atoms with Gasteiger partial charge in [-0.15, -0.1) is 0 Å². The summed E-state index contributed by atoms with van der Waals surface area (Å²) in [7, 11) is 2.31. The van der Waals surface area contributed by atoms with Crippen LogP contribution in [0.15, 0.2) is 54.7 Å². The molecule has 9 rings (SSSR count). The largest absolute Gasteiger partial charge is 0.461 e. The Hall–Kier alpha value is -3.82. The first kappa shape index (κ1) is 29.3. The van der Waals surface area contributed by atoms with Crippen molar-refractivity contribution < 1.29 is 4.74 Å². The van der Waals surface area contributed by atoms with Gasteiger partial charge in [-0.05, 0) is 93.8 Å². The van der Waals surface area contributed by atoms with Crippen molar-refractivity contribution in [1.29, 1.82) is 0 Å². The van der Waals surface area contributed by atoms with Gasteiger partial charge in [0.2, 0.25) is 0 Å². The van der Waals surface area contributed by atoms with Gasteiger partial charge in [0.15, 0.2) is 0 Å². The number of benzene rings is 1. The van der Waals surface area contributed by atoms with Gasteiger partial charge in [-0.1, -0.05) is 37.3 Å². The predicted molar refractivity (Wildman–Crippen MR) is 182 cm³/mol. The second-order valence-corrected chi connectivity index (χ2v) is 14.9. The first-order valence-corrected chi connectivity index (χ1v) is 17.8. The number of pyridine rings is 1. The fourth-order valence-corrected chi connectivity index (χ4v) is 9.71. The van der Waals surface area contributed by atoms with Crippen LogP contribution in [0.25, 0.3) is 11.4 Å². The maximum atomic E-state index is 6.75. The summed E-state index contributed by atoms with van der Waals surface area (Å²) in [6.07, 6.45) is 10.9. The summed E-state index contributed by atoms with van der Waals surface area (Å²) in [6, 6.07) is 17.9. The Kier molecular flexibility index (Phi) is 7.12. The first-order chi connectivity index (χ1) is 23.0. The van der Waals surface area contributed by atoms with Gasteiger partial charge in [0.1, 0.15) is 18.1 Å². The van der Waals surface area contributed by atoms with Gasteiger partial charge in [0.05, 0.1) is 34.7 Å². The number of likely N-dealkylation sites (N-methyl/N-ethyl adjacent to an activating group) is 1. The molecule has 2 saturated heterocycles. The van der Waals surface area contributed by atoms with Crippen molar-refractivity contribution >= 4 is 5.82 Å². The lowest BCUT2D eigenvalue weighted by molar-refractivity contribution is 0.0714. The van der Waals surface area contributed by atoms with Crippen LogP contribution < -0.4 is 9.64 Å². The number of fused-ring (bicyclic) bond motifs is 5. The second kappa shape index (κ2) is 11.4. The smallest absolute Gasteiger partial charge is 0.318 e. The molecule has 4 aromatic rings. The molecule has 244 valence electrons. The van der Waals surface area contributed by atoms with Crippen molar-refractivity contribution in [2.24, 2.45) is 5.92 Å². The molecule has 1 aliphatic carbocycles. The molecular formula is C38H46N8O. The summed E-state index contributed by atoms with van der Waals surface area (Å²) in [5.41, 5.74) is 8.48. The van der Waals surface area contributed by atoms with Gasteiger partial charge in [0.25, 0.3) is 0 Å². The highest BCUT2D eigenvalue weighted by Crippen LogP contribution is 2.47. The minimum atomic E-state index is -0.0540. The molecule has 9 heteroatoms. The molecule has 3 aromatic heterocycles. The molecule has 7 heterocycles. The van der Waals surface area contributed by atoms with Crippen LogP contribution in [0.5, 0.6) is 6.01 Å². The number of hydrogen-bond donors (Lipinski definition) is 0. The van der Waals surface area contributed by atoms with Gasteiger partial charge in [0, 0.05) is 44.4 Å². The zero-order chi connectivity index (χ0) is 31.6. The average molecular weight is 631 g/mol. The van der Waals surface area contributed by atoms with Crippen LogP contribution >= 0.6 is 0 Å². The summed E-state index contributed by atoms with van der Waals surface area (Å²) < 4.78 is 8.92. The van der Waals surface area contributed by atoms with Crippen LogP contribution in [-0.2, 0) is 38.0 Å². The summed E-state index contributed by atoms with van der Waals surface area (Å²) in [5, 5.41) is 4.97. The van der Waals surface area contributed by atoms with E-state index in [2.05, 4.69) is 68.7 Å². The number of rotatable bonds is 5. The number of ether oxygens (including phenoxy) is 1. The molecule has 47 heavy (non-hydrogen) atoms. The number of nitrogens with zero attached hydrogens (tertiary/aromatic N) is 8. The zero-order valence-electron chi connectivity index (χ0n) is 27.9. The molecule has 5 aliphatic rings. The third kappa shape index (κ3) is 4.96. The van der Waals surface area contributed by atoms with E-state index in [4.69, 9.17) is 19.8 Å². The minimum Gasteiger partial charge on any atom is -0.461 e. The maximum Gasteiger partial charge on any atom is 0.318 e. The Bertz CT molecular complexity index is 1790. The van der Waals surface area contributed by atoms with Gasteiger partial charge in [-0.25, -0.2) is 0 Å².